The van der Waals surface area contributed by atoms with Gasteiger partial charge in [-0.1, -0.05) is 31.2 Å². The zero-order chi connectivity index (χ0) is 14.2. The maximum atomic E-state index is 5.89. The molecule has 0 unspecified atom stereocenters. The standard InChI is InChI=1S/C17H21NO2/c1-3-11-18-13-14-7-6-8-15(12-14)20-17-10-5-4-9-16(17)19-2/h4-10,12,18H,3,11,13H2,1-2H3. The molecule has 0 saturated carbocycles. The second kappa shape index (κ2) is 7.56. The van der Waals surface area contributed by atoms with Crippen LogP contribution in [0.3, 0.4) is 0 Å². The van der Waals surface area contributed by atoms with Gasteiger partial charge in [0.1, 0.15) is 5.75 Å². The van der Waals surface area contributed by atoms with Gasteiger partial charge < -0.3 is 14.8 Å². The summed E-state index contributed by atoms with van der Waals surface area (Å²) >= 11 is 0. The second-order valence-corrected chi connectivity index (χ2v) is 4.58. The fraction of sp³-hybridized carbons (Fsp3) is 0.294. The van der Waals surface area contributed by atoms with Crippen LogP contribution in [-0.4, -0.2) is 13.7 Å². The first kappa shape index (κ1) is 14.4. The predicted molar refractivity (Wildman–Crippen MR) is 81.5 cm³/mol. The van der Waals surface area contributed by atoms with Crippen LogP contribution >= 0.6 is 0 Å². The molecule has 0 heterocycles. The molecule has 0 spiro atoms. The van der Waals surface area contributed by atoms with Crippen LogP contribution in [0.4, 0.5) is 0 Å². The zero-order valence-corrected chi connectivity index (χ0v) is 12.1. The highest BCUT2D eigenvalue weighted by molar-refractivity contribution is 5.43. The van der Waals surface area contributed by atoms with Gasteiger partial charge in [-0.25, -0.2) is 0 Å². The highest BCUT2D eigenvalue weighted by atomic mass is 16.5. The van der Waals surface area contributed by atoms with Gasteiger partial charge in [-0.05, 0) is 42.8 Å². The second-order valence-electron chi connectivity index (χ2n) is 4.58. The molecule has 2 aromatic rings. The van der Waals surface area contributed by atoms with E-state index < -0.39 is 0 Å². The normalized spacial score (nSPS) is 10.3. The van der Waals surface area contributed by atoms with Crippen molar-refractivity contribution >= 4 is 0 Å². The van der Waals surface area contributed by atoms with E-state index in [0.717, 1.165) is 36.8 Å². The first-order chi connectivity index (χ1) is 9.83. The lowest BCUT2D eigenvalue weighted by Gasteiger charge is -2.11. The minimum absolute atomic E-state index is 0.730. The van der Waals surface area contributed by atoms with Gasteiger partial charge in [0.25, 0.3) is 0 Å². The summed E-state index contributed by atoms with van der Waals surface area (Å²) in [5, 5.41) is 3.38. The average Bonchev–Trinajstić information content (AvgIpc) is 2.48. The number of hydrogen-bond acceptors (Lipinski definition) is 3. The van der Waals surface area contributed by atoms with Gasteiger partial charge in [-0.3, -0.25) is 0 Å². The zero-order valence-electron chi connectivity index (χ0n) is 12.1. The number of methoxy groups -OCH3 is 1. The number of ether oxygens (including phenoxy) is 2. The lowest BCUT2D eigenvalue weighted by Crippen LogP contribution is -2.13. The Hall–Kier alpha value is -2.00. The Balaban J connectivity index is 2.07. The molecular formula is C17H21NO2. The minimum atomic E-state index is 0.730. The van der Waals surface area contributed by atoms with Crippen molar-refractivity contribution in [1.82, 2.24) is 5.32 Å². The third-order valence-corrected chi connectivity index (χ3v) is 2.95. The molecule has 2 aromatic carbocycles. The molecular weight excluding hydrogens is 250 g/mol. The summed E-state index contributed by atoms with van der Waals surface area (Å²) < 4.78 is 11.2. The smallest absolute Gasteiger partial charge is 0.169 e. The molecule has 0 fully saturated rings. The molecule has 3 heteroatoms. The van der Waals surface area contributed by atoms with Crippen LogP contribution in [0.1, 0.15) is 18.9 Å². The largest absolute Gasteiger partial charge is 0.493 e. The molecule has 0 amide bonds. The summed E-state index contributed by atoms with van der Waals surface area (Å²) in [6.07, 6.45) is 1.14. The van der Waals surface area contributed by atoms with Crippen LogP contribution in [0.5, 0.6) is 17.2 Å². The molecule has 0 bridgehead atoms. The van der Waals surface area contributed by atoms with Gasteiger partial charge in [0.15, 0.2) is 11.5 Å². The quantitative estimate of drug-likeness (QED) is 0.772. The summed E-state index contributed by atoms with van der Waals surface area (Å²) in [6, 6.07) is 15.8. The summed E-state index contributed by atoms with van der Waals surface area (Å²) in [4.78, 5) is 0. The van der Waals surface area contributed by atoms with Crippen molar-refractivity contribution in [2.24, 2.45) is 0 Å². The minimum Gasteiger partial charge on any atom is -0.493 e. The van der Waals surface area contributed by atoms with E-state index in [-0.39, 0.29) is 0 Å². The highest BCUT2D eigenvalue weighted by Gasteiger charge is 2.04. The maximum absolute atomic E-state index is 5.89. The first-order valence-electron chi connectivity index (χ1n) is 6.94. The van der Waals surface area contributed by atoms with Crippen molar-refractivity contribution in [2.45, 2.75) is 19.9 Å². The third kappa shape index (κ3) is 4.00. The summed E-state index contributed by atoms with van der Waals surface area (Å²) in [5.41, 5.74) is 1.21. The predicted octanol–water partition coefficient (Wildman–Crippen LogP) is 3.99. The van der Waals surface area contributed by atoms with Crippen molar-refractivity contribution < 1.29 is 9.47 Å². The van der Waals surface area contributed by atoms with Crippen LogP contribution in [0.2, 0.25) is 0 Å². The van der Waals surface area contributed by atoms with Crippen molar-refractivity contribution in [3.05, 3.63) is 54.1 Å². The summed E-state index contributed by atoms with van der Waals surface area (Å²) in [5.74, 6) is 2.29. The molecule has 0 radical (unpaired) electrons. The van der Waals surface area contributed by atoms with Crippen molar-refractivity contribution in [1.29, 1.82) is 0 Å². The Kier molecular flexibility index (Phi) is 5.44. The maximum Gasteiger partial charge on any atom is 0.169 e. The molecule has 3 nitrogen and oxygen atoms in total. The van der Waals surface area contributed by atoms with Crippen LogP contribution in [-0.2, 0) is 6.54 Å². The van der Waals surface area contributed by atoms with Gasteiger partial charge in [-0.15, -0.1) is 0 Å². The van der Waals surface area contributed by atoms with E-state index in [0.29, 0.717) is 0 Å². The van der Waals surface area contributed by atoms with Crippen LogP contribution in [0.25, 0.3) is 0 Å². The van der Waals surface area contributed by atoms with Gasteiger partial charge in [0.2, 0.25) is 0 Å². The number of rotatable bonds is 7. The van der Waals surface area contributed by atoms with Gasteiger partial charge in [-0.2, -0.15) is 0 Å². The number of hydrogen-bond donors (Lipinski definition) is 1. The topological polar surface area (TPSA) is 30.5 Å². The highest BCUT2D eigenvalue weighted by Crippen LogP contribution is 2.31. The van der Waals surface area contributed by atoms with Gasteiger partial charge >= 0.3 is 0 Å². The van der Waals surface area contributed by atoms with E-state index in [4.69, 9.17) is 9.47 Å². The lowest BCUT2D eigenvalue weighted by molar-refractivity contribution is 0.378. The first-order valence-corrected chi connectivity index (χ1v) is 6.94. The summed E-state index contributed by atoms with van der Waals surface area (Å²) in [6.45, 7) is 4.04. The van der Waals surface area contributed by atoms with Crippen LogP contribution < -0.4 is 14.8 Å². The van der Waals surface area contributed by atoms with E-state index in [9.17, 15) is 0 Å². The van der Waals surface area contributed by atoms with Gasteiger partial charge in [0, 0.05) is 6.54 Å². The Labute approximate surface area is 120 Å². The van der Waals surface area contributed by atoms with E-state index in [1.165, 1.54) is 5.56 Å². The van der Waals surface area contributed by atoms with E-state index >= 15 is 0 Å². The van der Waals surface area contributed by atoms with Crippen LogP contribution in [0.15, 0.2) is 48.5 Å². The van der Waals surface area contributed by atoms with E-state index in [1.54, 1.807) is 7.11 Å². The molecule has 106 valence electrons. The molecule has 0 aromatic heterocycles. The molecule has 0 saturated heterocycles. The van der Waals surface area contributed by atoms with E-state index in [1.807, 2.05) is 36.4 Å². The van der Waals surface area contributed by atoms with Crippen molar-refractivity contribution in [3.63, 3.8) is 0 Å². The molecule has 0 aliphatic carbocycles. The Morgan fingerprint density at radius 2 is 1.80 bits per heavy atom. The molecule has 0 aliphatic rings. The van der Waals surface area contributed by atoms with Crippen molar-refractivity contribution in [2.75, 3.05) is 13.7 Å². The SMILES string of the molecule is CCCNCc1cccc(Oc2ccccc2OC)c1. The average molecular weight is 271 g/mol. The molecule has 2 rings (SSSR count). The van der Waals surface area contributed by atoms with Crippen molar-refractivity contribution in [3.8, 4) is 17.2 Å². The van der Waals surface area contributed by atoms with Gasteiger partial charge in [0.05, 0.1) is 7.11 Å². The van der Waals surface area contributed by atoms with Crippen LogP contribution in [0, 0.1) is 0 Å². The number of para-hydroxylation sites is 2. The molecule has 0 aliphatic heterocycles. The summed E-state index contributed by atoms with van der Waals surface area (Å²) in [7, 11) is 1.65. The lowest BCUT2D eigenvalue weighted by atomic mass is 10.2. The number of benzene rings is 2. The molecule has 20 heavy (non-hydrogen) atoms. The third-order valence-electron chi connectivity index (χ3n) is 2.95. The molecule has 1 N–H and O–H groups in total. The Bertz CT molecular complexity index is 540. The van der Waals surface area contributed by atoms with E-state index in [2.05, 4.69) is 24.4 Å². The fourth-order valence-electron chi connectivity index (χ4n) is 1.96. The Morgan fingerprint density at radius 3 is 2.55 bits per heavy atom. The number of nitrogens with one attached hydrogen (secondary N) is 1. The monoisotopic (exact) mass is 271 g/mol. The fourth-order valence-corrected chi connectivity index (χ4v) is 1.96. The Morgan fingerprint density at radius 1 is 1.00 bits per heavy atom. The molecule has 0 atom stereocenters.